The third-order valence-electron chi connectivity index (χ3n) is 3.64. The fraction of sp³-hybridized carbons (Fsp3) is 0.267. The molecule has 0 fully saturated rings. The van der Waals surface area contributed by atoms with Crippen LogP contribution >= 0.6 is 0 Å². The second kappa shape index (κ2) is 4.42. The highest BCUT2D eigenvalue weighted by molar-refractivity contribution is 5.55. The second-order valence-corrected chi connectivity index (χ2v) is 4.75. The highest BCUT2D eigenvalue weighted by Gasteiger charge is 2.33. The number of imidazole rings is 1. The van der Waals surface area contributed by atoms with Crippen LogP contribution in [0.2, 0.25) is 0 Å². The Labute approximate surface area is 106 Å². The van der Waals surface area contributed by atoms with E-state index in [0.717, 1.165) is 24.2 Å². The van der Waals surface area contributed by atoms with Crippen LogP contribution in [-0.2, 0) is 5.54 Å². The van der Waals surface area contributed by atoms with Gasteiger partial charge in [-0.1, -0.05) is 42.5 Å². The fourth-order valence-electron chi connectivity index (χ4n) is 2.58. The minimum Gasteiger partial charge on any atom is -0.394 e. The zero-order chi connectivity index (χ0) is 12.4. The third kappa shape index (κ3) is 1.68. The number of aliphatic hydroxyl groups excluding tert-OH is 1. The van der Waals surface area contributed by atoms with Crippen LogP contribution in [0.25, 0.3) is 11.4 Å². The number of nitrogens with zero attached hydrogens (tertiary/aromatic N) is 2. The summed E-state index contributed by atoms with van der Waals surface area (Å²) in [6.45, 7) is 0.135. The molecule has 0 saturated heterocycles. The van der Waals surface area contributed by atoms with E-state index in [4.69, 9.17) is 0 Å². The number of aliphatic hydroxyl groups is 1. The van der Waals surface area contributed by atoms with Gasteiger partial charge in [-0.15, -0.1) is 0 Å². The maximum atomic E-state index is 9.77. The smallest absolute Gasteiger partial charge is 0.140 e. The first kappa shape index (κ1) is 11.2. The van der Waals surface area contributed by atoms with Gasteiger partial charge in [0.15, 0.2) is 0 Å². The van der Waals surface area contributed by atoms with Gasteiger partial charge in [-0.25, -0.2) is 4.98 Å². The van der Waals surface area contributed by atoms with E-state index in [9.17, 15) is 5.11 Å². The van der Waals surface area contributed by atoms with E-state index in [2.05, 4.69) is 21.7 Å². The number of hydrogen-bond acceptors (Lipinski definition) is 2. The van der Waals surface area contributed by atoms with Crippen LogP contribution in [0.5, 0.6) is 0 Å². The van der Waals surface area contributed by atoms with Crippen molar-refractivity contribution in [1.29, 1.82) is 0 Å². The van der Waals surface area contributed by atoms with E-state index in [1.54, 1.807) is 6.20 Å². The Bertz CT molecular complexity index is 549. The predicted molar refractivity (Wildman–Crippen MR) is 71.1 cm³/mol. The molecule has 1 N–H and O–H groups in total. The molecule has 1 heterocycles. The van der Waals surface area contributed by atoms with E-state index in [1.165, 1.54) is 0 Å². The lowest BCUT2D eigenvalue weighted by molar-refractivity contribution is 0.143. The molecule has 0 atom stereocenters. The standard InChI is InChI=1S/C15H16N2O/c18-12-15(8-4-5-9-15)17-11-10-16-14(17)13-6-2-1-3-7-13/h1-7,10-11,18H,8-9,12H2. The molecule has 2 aromatic rings. The summed E-state index contributed by atoms with van der Waals surface area (Å²) in [7, 11) is 0. The Morgan fingerprint density at radius 3 is 2.56 bits per heavy atom. The van der Waals surface area contributed by atoms with E-state index in [0.29, 0.717) is 0 Å². The van der Waals surface area contributed by atoms with Gasteiger partial charge in [0.05, 0.1) is 12.1 Å². The topological polar surface area (TPSA) is 38.0 Å². The van der Waals surface area contributed by atoms with Crippen molar-refractivity contribution in [3.63, 3.8) is 0 Å². The average Bonchev–Trinajstić information content (AvgIpc) is 3.09. The van der Waals surface area contributed by atoms with Gasteiger partial charge in [0.25, 0.3) is 0 Å². The molecule has 18 heavy (non-hydrogen) atoms. The number of allylic oxidation sites excluding steroid dienone is 2. The monoisotopic (exact) mass is 240 g/mol. The third-order valence-corrected chi connectivity index (χ3v) is 3.64. The summed E-state index contributed by atoms with van der Waals surface area (Å²) < 4.78 is 2.11. The van der Waals surface area contributed by atoms with E-state index in [-0.39, 0.29) is 12.1 Å². The quantitative estimate of drug-likeness (QED) is 0.837. The molecule has 0 radical (unpaired) electrons. The summed E-state index contributed by atoms with van der Waals surface area (Å²) in [6, 6.07) is 10.1. The highest BCUT2D eigenvalue weighted by Crippen LogP contribution is 2.34. The lowest BCUT2D eigenvalue weighted by Gasteiger charge is -2.30. The van der Waals surface area contributed by atoms with Gasteiger partial charge in [-0.3, -0.25) is 0 Å². The fourth-order valence-corrected chi connectivity index (χ4v) is 2.58. The number of benzene rings is 1. The first-order chi connectivity index (χ1) is 8.86. The lowest BCUT2D eigenvalue weighted by Crippen LogP contribution is -2.34. The van der Waals surface area contributed by atoms with Gasteiger partial charge < -0.3 is 9.67 Å². The minimum atomic E-state index is -0.248. The molecule has 3 rings (SSSR count). The Hall–Kier alpha value is -1.87. The minimum absolute atomic E-state index is 0.135. The summed E-state index contributed by atoms with van der Waals surface area (Å²) >= 11 is 0. The van der Waals surface area contributed by atoms with Gasteiger partial charge >= 0.3 is 0 Å². The molecular weight excluding hydrogens is 224 g/mol. The molecule has 3 heteroatoms. The molecule has 1 aliphatic rings. The van der Waals surface area contributed by atoms with Crippen LogP contribution in [0.1, 0.15) is 12.8 Å². The molecule has 0 aliphatic heterocycles. The van der Waals surface area contributed by atoms with Crippen molar-refractivity contribution in [2.75, 3.05) is 6.61 Å². The van der Waals surface area contributed by atoms with Crippen molar-refractivity contribution < 1.29 is 5.11 Å². The zero-order valence-electron chi connectivity index (χ0n) is 10.2. The SMILES string of the molecule is OCC1(n2ccnc2-c2ccccc2)CC=CC1. The summed E-state index contributed by atoms with van der Waals surface area (Å²) in [6.07, 6.45) is 9.75. The van der Waals surface area contributed by atoms with Crippen molar-refractivity contribution in [3.05, 3.63) is 54.9 Å². The van der Waals surface area contributed by atoms with Crippen molar-refractivity contribution in [1.82, 2.24) is 9.55 Å². The van der Waals surface area contributed by atoms with Crippen molar-refractivity contribution >= 4 is 0 Å². The molecule has 92 valence electrons. The molecule has 0 amide bonds. The molecule has 0 bridgehead atoms. The number of rotatable bonds is 3. The van der Waals surface area contributed by atoms with Crippen LogP contribution in [0, 0.1) is 0 Å². The average molecular weight is 240 g/mol. The van der Waals surface area contributed by atoms with Gasteiger partial charge in [-0.2, -0.15) is 0 Å². The summed E-state index contributed by atoms with van der Waals surface area (Å²) in [4.78, 5) is 4.45. The second-order valence-electron chi connectivity index (χ2n) is 4.75. The molecule has 1 aliphatic carbocycles. The molecule has 0 saturated carbocycles. The van der Waals surface area contributed by atoms with E-state index >= 15 is 0 Å². The molecule has 3 nitrogen and oxygen atoms in total. The van der Waals surface area contributed by atoms with Gasteiger partial charge in [0, 0.05) is 18.0 Å². The van der Waals surface area contributed by atoms with Crippen molar-refractivity contribution in [2.45, 2.75) is 18.4 Å². The first-order valence-corrected chi connectivity index (χ1v) is 6.21. The van der Waals surface area contributed by atoms with Crippen LogP contribution in [0.4, 0.5) is 0 Å². The molecule has 1 aromatic carbocycles. The van der Waals surface area contributed by atoms with Gasteiger partial charge in [-0.05, 0) is 12.8 Å². The molecule has 0 unspecified atom stereocenters. The van der Waals surface area contributed by atoms with Gasteiger partial charge in [0.1, 0.15) is 5.82 Å². The summed E-state index contributed by atoms with van der Waals surface area (Å²) in [5, 5.41) is 9.77. The maximum Gasteiger partial charge on any atom is 0.140 e. The molecular formula is C15H16N2O. The van der Waals surface area contributed by atoms with E-state index in [1.807, 2.05) is 36.5 Å². The van der Waals surface area contributed by atoms with Crippen molar-refractivity contribution in [2.24, 2.45) is 0 Å². The lowest BCUT2D eigenvalue weighted by atomic mass is 9.97. The number of aromatic nitrogens is 2. The highest BCUT2D eigenvalue weighted by atomic mass is 16.3. The Kier molecular flexibility index (Phi) is 2.76. The van der Waals surface area contributed by atoms with Crippen LogP contribution < -0.4 is 0 Å². The molecule has 0 spiro atoms. The maximum absolute atomic E-state index is 9.77. The van der Waals surface area contributed by atoms with E-state index < -0.39 is 0 Å². The summed E-state index contributed by atoms with van der Waals surface area (Å²) in [5.74, 6) is 0.924. The van der Waals surface area contributed by atoms with Crippen LogP contribution in [0.15, 0.2) is 54.9 Å². The largest absolute Gasteiger partial charge is 0.394 e. The Balaban J connectivity index is 2.07. The molecule has 1 aromatic heterocycles. The normalized spacial score (nSPS) is 17.2. The Morgan fingerprint density at radius 2 is 1.89 bits per heavy atom. The zero-order valence-corrected chi connectivity index (χ0v) is 10.2. The number of hydrogen-bond donors (Lipinski definition) is 1. The predicted octanol–water partition coefficient (Wildman–Crippen LogP) is 2.59. The van der Waals surface area contributed by atoms with Gasteiger partial charge in [0.2, 0.25) is 0 Å². The van der Waals surface area contributed by atoms with Crippen LogP contribution in [-0.4, -0.2) is 21.3 Å². The summed E-state index contributed by atoms with van der Waals surface area (Å²) in [5.41, 5.74) is 0.837. The van der Waals surface area contributed by atoms with Crippen molar-refractivity contribution in [3.8, 4) is 11.4 Å². The van der Waals surface area contributed by atoms with Crippen LogP contribution in [0.3, 0.4) is 0 Å². The Morgan fingerprint density at radius 1 is 1.17 bits per heavy atom. The first-order valence-electron chi connectivity index (χ1n) is 6.21.